The molecule has 3 nitrogen and oxygen atoms in total. The van der Waals surface area contributed by atoms with Crippen molar-refractivity contribution < 1.29 is 5.11 Å². The Kier molecular flexibility index (Phi) is 4.75. The van der Waals surface area contributed by atoms with E-state index in [1.54, 1.807) is 0 Å². The molecule has 2 rings (SSSR count). The number of hydrogen-bond donors (Lipinski definition) is 1. The van der Waals surface area contributed by atoms with E-state index in [0.717, 1.165) is 23.0 Å². The van der Waals surface area contributed by atoms with Crippen molar-refractivity contribution in [1.29, 1.82) is 0 Å². The maximum Gasteiger partial charge on any atom is 0.134 e. The van der Waals surface area contributed by atoms with E-state index in [0.29, 0.717) is 18.2 Å². The summed E-state index contributed by atoms with van der Waals surface area (Å²) in [5.74, 6) is 0. The molecule has 0 aliphatic heterocycles. The van der Waals surface area contributed by atoms with Crippen LogP contribution in [0.2, 0.25) is 5.15 Å². The molecule has 19 heavy (non-hydrogen) atoms. The van der Waals surface area contributed by atoms with Crippen molar-refractivity contribution in [3.63, 3.8) is 0 Å². The Labute approximate surface area is 118 Å². The van der Waals surface area contributed by atoms with Gasteiger partial charge in [0.05, 0.1) is 12.1 Å². The minimum Gasteiger partial charge on any atom is -0.395 e. The van der Waals surface area contributed by atoms with Crippen LogP contribution in [0.4, 0.5) is 0 Å². The van der Waals surface area contributed by atoms with Gasteiger partial charge in [-0.15, -0.1) is 0 Å². The zero-order valence-electron chi connectivity index (χ0n) is 11.4. The number of halogens is 1. The third-order valence-electron chi connectivity index (χ3n) is 3.26. The SMILES string of the molecule is CCN(CCO)Cc1cc2ccc(C)cc2nc1Cl. The molecule has 4 heteroatoms. The number of fused-ring (bicyclic) bond motifs is 1. The van der Waals surface area contributed by atoms with E-state index in [4.69, 9.17) is 16.7 Å². The van der Waals surface area contributed by atoms with Crippen LogP contribution in [0.25, 0.3) is 10.9 Å². The first-order chi connectivity index (χ1) is 9.13. The van der Waals surface area contributed by atoms with Crippen LogP contribution in [0.1, 0.15) is 18.1 Å². The van der Waals surface area contributed by atoms with Gasteiger partial charge in [-0.25, -0.2) is 4.98 Å². The number of benzene rings is 1. The van der Waals surface area contributed by atoms with E-state index in [2.05, 4.69) is 35.0 Å². The molecule has 0 aliphatic rings. The second kappa shape index (κ2) is 6.33. The Hall–Kier alpha value is -1.16. The van der Waals surface area contributed by atoms with Crippen LogP contribution in [-0.4, -0.2) is 34.7 Å². The summed E-state index contributed by atoms with van der Waals surface area (Å²) in [5, 5.41) is 10.7. The lowest BCUT2D eigenvalue weighted by Gasteiger charge is -2.19. The highest BCUT2D eigenvalue weighted by Crippen LogP contribution is 2.22. The Bertz CT molecular complexity index is 571. The van der Waals surface area contributed by atoms with Gasteiger partial charge in [0.25, 0.3) is 0 Å². The third-order valence-corrected chi connectivity index (χ3v) is 3.58. The average molecular weight is 279 g/mol. The number of pyridine rings is 1. The van der Waals surface area contributed by atoms with Gasteiger partial charge in [0.1, 0.15) is 5.15 Å². The largest absolute Gasteiger partial charge is 0.395 e. The smallest absolute Gasteiger partial charge is 0.134 e. The number of hydrogen-bond acceptors (Lipinski definition) is 3. The Morgan fingerprint density at radius 3 is 2.79 bits per heavy atom. The van der Waals surface area contributed by atoms with Gasteiger partial charge in [-0.05, 0) is 31.2 Å². The number of aliphatic hydroxyl groups excluding tert-OH is 1. The summed E-state index contributed by atoms with van der Waals surface area (Å²) in [4.78, 5) is 6.60. The highest BCUT2D eigenvalue weighted by Gasteiger charge is 2.09. The molecule has 0 atom stereocenters. The monoisotopic (exact) mass is 278 g/mol. The van der Waals surface area contributed by atoms with Gasteiger partial charge in [-0.2, -0.15) is 0 Å². The van der Waals surface area contributed by atoms with E-state index >= 15 is 0 Å². The highest BCUT2D eigenvalue weighted by molar-refractivity contribution is 6.30. The molecule has 102 valence electrons. The van der Waals surface area contributed by atoms with Crippen molar-refractivity contribution in [1.82, 2.24) is 9.88 Å². The van der Waals surface area contributed by atoms with Gasteiger partial charge in [0.15, 0.2) is 0 Å². The van der Waals surface area contributed by atoms with Crippen LogP contribution in [0.15, 0.2) is 24.3 Å². The maximum absolute atomic E-state index is 9.03. The fraction of sp³-hybridized carbons (Fsp3) is 0.400. The first kappa shape index (κ1) is 14.3. The standard InChI is InChI=1S/C15H19ClN2O/c1-3-18(6-7-19)10-13-9-12-5-4-11(2)8-14(12)17-15(13)16/h4-5,8-9,19H,3,6-7,10H2,1-2H3. The van der Waals surface area contributed by atoms with Gasteiger partial charge in [0.2, 0.25) is 0 Å². The second-order valence-corrected chi connectivity index (χ2v) is 5.08. The summed E-state index contributed by atoms with van der Waals surface area (Å²) in [7, 11) is 0. The molecule has 0 radical (unpaired) electrons. The summed E-state index contributed by atoms with van der Waals surface area (Å²) in [5.41, 5.74) is 3.12. The molecule has 0 aliphatic carbocycles. The van der Waals surface area contributed by atoms with E-state index < -0.39 is 0 Å². The molecule has 1 aromatic carbocycles. The summed E-state index contributed by atoms with van der Waals surface area (Å²) < 4.78 is 0. The maximum atomic E-state index is 9.03. The lowest BCUT2D eigenvalue weighted by atomic mass is 10.1. The number of aliphatic hydroxyl groups is 1. The molecule has 0 bridgehead atoms. The van der Waals surface area contributed by atoms with Gasteiger partial charge in [-0.3, -0.25) is 4.90 Å². The average Bonchev–Trinajstić information content (AvgIpc) is 2.39. The summed E-state index contributed by atoms with van der Waals surface area (Å²) >= 11 is 6.26. The molecule has 0 unspecified atom stereocenters. The summed E-state index contributed by atoms with van der Waals surface area (Å²) in [6.07, 6.45) is 0. The Balaban J connectivity index is 2.33. The molecule has 0 fully saturated rings. The second-order valence-electron chi connectivity index (χ2n) is 4.73. The minimum atomic E-state index is 0.158. The zero-order valence-corrected chi connectivity index (χ0v) is 12.1. The van der Waals surface area contributed by atoms with Gasteiger partial charge < -0.3 is 5.11 Å². The van der Waals surface area contributed by atoms with E-state index in [9.17, 15) is 0 Å². The van der Waals surface area contributed by atoms with Crippen molar-refractivity contribution in [3.8, 4) is 0 Å². The molecule has 0 amide bonds. The van der Waals surface area contributed by atoms with Crippen molar-refractivity contribution in [2.45, 2.75) is 20.4 Å². The lowest BCUT2D eigenvalue weighted by molar-refractivity contribution is 0.197. The van der Waals surface area contributed by atoms with Crippen LogP contribution in [0, 0.1) is 6.92 Å². The molecule has 0 saturated heterocycles. The van der Waals surface area contributed by atoms with Crippen LogP contribution in [0.5, 0.6) is 0 Å². The van der Waals surface area contributed by atoms with Crippen LogP contribution in [-0.2, 0) is 6.54 Å². The quantitative estimate of drug-likeness (QED) is 0.854. The van der Waals surface area contributed by atoms with Crippen LogP contribution in [0.3, 0.4) is 0 Å². The molecule has 0 saturated carbocycles. The molecule has 2 aromatic rings. The molecule has 0 spiro atoms. The van der Waals surface area contributed by atoms with Gasteiger partial charge in [0, 0.05) is 24.0 Å². The van der Waals surface area contributed by atoms with Crippen molar-refractivity contribution >= 4 is 22.5 Å². The summed E-state index contributed by atoms with van der Waals surface area (Å²) in [6.45, 7) is 6.52. The lowest BCUT2D eigenvalue weighted by Crippen LogP contribution is -2.26. The summed E-state index contributed by atoms with van der Waals surface area (Å²) in [6, 6.07) is 8.27. The number of rotatable bonds is 5. The normalized spacial score (nSPS) is 11.4. The predicted octanol–water partition coefficient (Wildman–Crippen LogP) is 3.01. The molecular weight excluding hydrogens is 260 g/mol. The zero-order chi connectivity index (χ0) is 13.8. The number of aryl methyl sites for hydroxylation is 1. The van der Waals surface area contributed by atoms with E-state index in [1.807, 2.05) is 13.0 Å². The molecule has 1 aromatic heterocycles. The number of nitrogens with zero attached hydrogens (tertiary/aromatic N) is 2. The first-order valence-corrected chi connectivity index (χ1v) is 6.91. The van der Waals surface area contributed by atoms with Crippen molar-refractivity contribution in [3.05, 3.63) is 40.5 Å². The van der Waals surface area contributed by atoms with Crippen LogP contribution < -0.4 is 0 Å². The number of aromatic nitrogens is 1. The Morgan fingerprint density at radius 2 is 2.11 bits per heavy atom. The first-order valence-electron chi connectivity index (χ1n) is 6.53. The Morgan fingerprint density at radius 1 is 1.32 bits per heavy atom. The number of likely N-dealkylation sites (N-methyl/N-ethyl adjacent to an activating group) is 1. The van der Waals surface area contributed by atoms with E-state index in [1.165, 1.54) is 5.56 Å². The van der Waals surface area contributed by atoms with Crippen LogP contribution >= 0.6 is 11.6 Å². The molecular formula is C15H19ClN2O. The van der Waals surface area contributed by atoms with Crippen molar-refractivity contribution in [2.24, 2.45) is 0 Å². The minimum absolute atomic E-state index is 0.158. The van der Waals surface area contributed by atoms with Gasteiger partial charge >= 0.3 is 0 Å². The molecule has 1 N–H and O–H groups in total. The predicted molar refractivity (Wildman–Crippen MR) is 79.5 cm³/mol. The topological polar surface area (TPSA) is 36.4 Å². The van der Waals surface area contributed by atoms with Gasteiger partial charge in [-0.1, -0.05) is 30.7 Å². The molecule has 1 heterocycles. The third kappa shape index (κ3) is 3.44. The highest BCUT2D eigenvalue weighted by atomic mass is 35.5. The fourth-order valence-electron chi connectivity index (χ4n) is 2.14. The van der Waals surface area contributed by atoms with E-state index in [-0.39, 0.29) is 6.61 Å². The van der Waals surface area contributed by atoms with Crippen molar-refractivity contribution in [2.75, 3.05) is 19.7 Å². The fourth-order valence-corrected chi connectivity index (χ4v) is 2.34.